The molecule has 0 bridgehead atoms. The first-order chi connectivity index (χ1) is 21.8. The Morgan fingerprint density at radius 3 is 2.48 bits per heavy atom. The van der Waals surface area contributed by atoms with E-state index in [4.69, 9.17) is 26.6 Å². The van der Waals surface area contributed by atoms with Crippen LogP contribution in [0.1, 0.15) is 11.8 Å². The normalized spacial score (nSPS) is 22.5. The van der Waals surface area contributed by atoms with Crippen molar-refractivity contribution >= 4 is 44.3 Å². The topological polar surface area (TPSA) is 228 Å². The summed E-state index contributed by atoms with van der Waals surface area (Å²) in [6.07, 6.45) is -2.34. The molecule has 6 rings (SSSR count). The molecule has 1 saturated heterocycles. The number of nitrogens with zero attached hydrogens (tertiary/aromatic N) is 4. The van der Waals surface area contributed by atoms with Gasteiger partial charge in [-0.3, -0.25) is 23.2 Å². The van der Waals surface area contributed by atoms with Gasteiger partial charge in [-0.25, -0.2) is 13.7 Å². The lowest BCUT2D eigenvalue weighted by atomic mass is 10.0. The maximum atomic E-state index is 13.0. The molecule has 0 aliphatic carbocycles. The van der Waals surface area contributed by atoms with Crippen LogP contribution in [-0.4, -0.2) is 63.8 Å². The van der Waals surface area contributed by atoms with Crippen molar-refractivity contribution in [1.82, 2.24) is 18.9 Å². The minimum absolute atomic E-state index is 0.00942. The van der Waals surface area contributed by atoms with Crippen molar-refractivity contribution in [3.8, 4) is 11.1 Å². The Morgan fingerprint density at radius 2 is 1.78 bits per heavy atom. The largest absolute Gasteiger partial charge is 0.480 e. The first-order valence-electron chi connectivity index (χ1n) is 13.6. The van der Waals surface area contributed by atoms with Crippen LogP contribution in [-0.2, 0) is 29.2 Å². The van der Waals surface area contributed by atoms with Crippen LogP contribution in [0.4, 0.5) is 5.95 Å². The van der Waals surface area contributed by atoms with Crippen LogP contribution >= 0.6 is 27.2 Å². The van der Waals surface area contributed by atoms with E-state index in [1.54, 1.807) is 6.07 Å². The molecular formula is C27H28ClN6O10P2+. The highest BCUT2D eigenvalue weighted by Crippen LogP contribution is 2.60. The zero-order valence-electron chi connectivity index (χ0n) is 23.6. The highest BCUT2D eigenvalue weighted by Gasteiger charge is 2.48. The number of hydrogen-bond donors (Lipinski definition) is 6. The summed E-state index contributed by atoms with van der Waals surface area (Å²) in [5.74, 6) is -0.221. The number of phosphoric acid groups is 1. The lowest BCUT2D eigenvalue weighted by molar-refractivity contribution is -0.745. The molecule has 2 aromatic carbocycles. The van der Waals surface area contributed by atoms with Gasteiger partial charge in [-0.15, -0.1) is 0 Å². The number of benzene rings is 2. The van der Waals surface area contributed by atoms with Gasteiger partial charge in [-0.05, 0) is 29.3 Å². The van der Waals surface area contributed by atoms with Gasteiger partial charge in [0.15, 0.2) is 6.33 Å². The van der Waals surface area contributed by atoms with E-state index in [9.17, 15) is 33.9 Å². The standard InChI is InChI=1S/C27H27ClN6O10P2/c28-19-12-16(8-9-18(19)17-6-2-1-3-7-17)13-32-15-34(24-21(32)25(37)31-27(29)30-24)26-23(36)22(35)20(43-26)14-42-46(40,41)44-45(38,39)33-10-4-5-11-33/h1-12,15,20,22-23,26,35-36H,13-14H2,(H4-,29,30,31,37,38,39,40,41)/p+1/t20?,22-,23-,26?/m0/s1. The summed E-state index contributed by atoms with van der Waals surface area (Å²) in [7, 11) is -9.96. The van der Waals surface area contributed by atoms with E-state index < -0.39 is 52.3 Å². The lowest BCUT2D eigenvalue weighted by Crippen LogP contribution is -2.46. The molecule has 16 nitrogen and oxygen atoms in total. The highest BCUT2D eigenvalue weighted by atomic mass is 35.5. The van der Waals surface area contributed by atoms with Crippen LogP contribution < -0.4 is 15.9 Å². The number of nitrogens with one attached hydrogen (secondary N) is 1. The molecule has 0 saturated carbocycles. The van der Waals surface area contributed by atoms with E-state index in [0.29, 0.717) is 9.36 Å². The number of phosphoric ester groups is 1. The van der Waals surface area contributed by atoms with Crippen molar-refractivity contribution in [2.24, 2.45) is 0 Å². The SMILES string of the molecule is Nc1nc2c(c(=O)[nH]1)n(Cc1ccc(-c3ccccc3)c(Cl)c1)c[n+]2C1OC(COP(=O)(O)OP(=O)(O)n2cccc2)[C@H](O)[C@@H]1O. The maximum absolute atomic E-state index is 13.0. The molecule has 4 heterocycles. The lowest BCUT2D eigenvalue weighted by Gasteiger charge is -2.19. The van der Waals surface area contributed by atoms with Crippen molar-refractivity contribution < 1.29 is 47.3 Å². The second-order valence-electron chi connectivity index (χ2n) is 10.4. The predicted octanol–water partition coefficient (Wildman–Crippen LogP) is 2.17. The van der Waals surface area contributed by atoms with Gasteiger partial charge in [0, 0.05) is 23.0 Å². The number of ether oxygens (including phenoxy) is 1. The Kier molecular flexibility index (Phi) is 8.78. The third-order valence-electron chi connectivity index (χ3n) is 7.27. The van der Waals surface area contributed by atoms with Crippen LogP contribution in [0.15, 0.2) is 84.2 Å². The quantitative estimate of drug-likeness (QED) is 0.0914. The molecule has 1 aliphatic rings. The fourth-order valence-corrected chi connectivity index (χ4v) is 7.88. The van der Waals surface area contributed by atoms with Crippen molar-refractivity contribution in [1.29, 1.82) is 0 Å². The molecule has 5 aromatic rings. The molecule has 0 spiro atoms. The Hall–Kier alpha value is -3.66. The number of fused-ring (bicyclic) bond motifs is 1. The smallest absolute Gasteiger partial charge is 0.387 e. The molecule has 242 valence electrons. The van der Waals surface area contributed by atoms with Crippen molar-refractivity contribution in [2.75, 3.05) is 12.3 Å². The minimum Gasteiger partial charge on any atom is -0.387 e. The molecule has 3 aromatic heterocycles. The summed E-state index contributed by atoms with van der Waals surface area (Å²) in [6.45, 7) is -0.686. The number of halogens is 1. The first-order valence-corrected chi connectivity index (χ1v) is 17.0. The fourth-order valence-electron chi connectivity index (χ4n) is 5.14. The number of nitrogen functional groups attached to an aromatic ring is 1. The molecular weight excluding hydrogens is 666 g/mol. The Labute approximate surface area is 265 Å². The second kappa shape index (κ2) is 12.5. The van der Waals surface area contributed by atoms with Gasteiger partial charge in [0.2, 0.25) is 11.7 Å². The number of aromatic nitrogens is 5. The second-order valence-corrected chi connectivity index (χ2v) is 14.1. The van der Waals surface area contributed by atoms with Crippen LogP contribution in [0.5, 0.6) is 0 Å². The van der Waals surface area contributed by atoms with Crippen molar-refractivity contribution in [2.45, 2.75) is 31.1 Å². The monoisotopic (exact) mass is 693 g/mol. The number of H-pyrrole nitrogens is 1. The van der Waals surface area contributed by atoms with Gasteiger partial charge >= 0.3 is 21.2 Å². The Morgan fingerprint density at radius 1 is 1.07 bits per heavy atom. The van der Waals surface area contributed by atoms with E-state index >= 15 is 0 Å². The molecule has 1 aliphatic heterocycles. The van der Waals surface area contributed by atoms with E-state index in [1.807, 2.05) is 42.5 Å². The highest BCUT2D eigenvalue weighted by molar-refractivity contribution is 7.63. The number of aliphatic hydroxyl groups is 2. The molecule has 7 N–H and O–H groups in total. The number of hydrogen-bond acceptors (Lipinski definition) is 10. The summed E-state index contributed by atoms with van der Waals surface area (Å²) >= 11 is 6.60. The van der Waals surface area contributed by atoms with E-state index in [0.717, 1.165) is 29.1 Å². The number of rotatable bonds is 10. The zero-order valence-corrected chi connectivity index (χ0v) is 26.2. The van der Waals surface area contributed by atoms with Crippen molar-refractivity contribution in [3.63, 3.8) is 0 Å². The van der Waals surface area contributed by atoms with Gasteiger partial charge in [0.25, 0.3) is 11.5 Å². The summed E-state index contributed by atoms with van der Waals surface area (Å²) in [5.41, 5.74) is 7.79. The maximum Gasteiger partial charge on any atom is 0.480 e. The number of nitrogens with two attached hydrogens (primary N) is 1. The third kappa shape index (κ3) is 6.46. The Bertz CT molecular complexity index is 2040. The average Bonchev–Trinajstić information content (AvgIpc) is 3.72. The number of aromatic amines is 1. The number of imidazole rings is 1. The molecule has 4 unspecified atom stereocenters. The van der Waals surface area contributed by atoms with Gasteiger partial charge in [0.1, 0.15) is 18.3 Å². The molecule has 6 atom stereocenters. The van der Waals surface area contributed by atoms with E-state index in [1.165, 1.54) is 27.6 Å². The van der Waals surface area contributed by atoms with E-state index in [-0.39, 0.29) is 23.7 Å². The summed E-state index contributed by atoms with van der Waals surface area (Å²) < 4.78 is 43.4. The molecule has 1 fully saturated rings. The molecule has 0 radical (unpaired) electrons. The van der Waals surface area contributed by atoms with Gasteiger partial charge in [0.05, 0.1) is 13.2 Å². The molecule has 46 heavy (non-hydrogen) atoms. The van der Waals surface area contributed by atoms with Gasteiger partial charge in [-0.1, -0.05) is 59.0 Å². The van der Waals surface area contributed by atoms with Gasteiger partial charge in [-0.2, -0.15) is 4.31 Å². The van der Waals surface area contributed by atoms with Crippen LogP contribution in [0.25, 0.3) is 22.3 Å². The minimum atomic E-state index is -5.16. The summed E-state index contributed by atoms with van der Waals surface area (Å²) in [4.78, 5) is 39.8. The number of anilines is 1. The summed E-state index contributed by atoms with van der Waals surface area (Å²) in [5, 5.41) is 22.1. The van der Waals surface area contributed by atoms with Gasteiger partial charge < -0.3 is 30.5 Å². The zero-order chi connectivity index (χ0) is 32.8. The Balaban J connectivity index is 1.25. The van der Waals surface area contributed by atoms with Crippen molar-refractivity contribution in [3.05, 3.63) is 100 Å². The average molecular weight is 694 g/mol. The summed E-state index contributed by atoms with van der Waals surface area (Å²) in [6, 6.07) is 17.8. The van der Waals surface area contributed by atoms with Crippen LogP contribution in [0, 0.1) is 0 Å². The molecule has 0 amide bonds. The van der Waals surface area contributed by atoms with E-state index in [2.05, 4.69) is 14.3 Å². The van der Waals surface area contributed by atoms with Crippen LogP contribution in [0.2, 0.25) is 5.02 Å². The first kappa shape index (κ1) is 32.3. The number of aliphatic hydroxyl groups excluding tert-OH is 2. The predicted molar refractivity (Wildman–Crippen MR) is 163 cm³/mol. The molecule has 19 heteroatoms. The fraction of sp³-hybridized carbons (Fsp3) is 0.222. The third-order valence-corrected chi connectivity index (χ3v) is 10.6. The van der Waals surface area contributed by atoms with Crippen LogP contribution in [0.3, 0.4) is 0 Å².